The van der Waals surface area contributed by atoms with Gasteiger partial charge in [-0.05, 0) is 45.1 Å². The number of nitrogens with one attached hydrogen (secondary N) is 1. The Labute approximate surface area is 108 Å². The largest absolute Gasteiger partial charge is 0.317 e. The third-order valence-corrected chi connectivity index (χ3v) is 6.75. The molecule has 0 saturated heterocycles. The quantitative estimate of drug-likeness (QED) is 0.842. The number of rotatable bonds is 3. The molecule has 0 amide bonds. The molecule has 2 saturated carbocycles. The fourth-order valence-corrected chi connectivity index (χ4v) is 5.76. The van der Waals surface area contributed by atoms with Crippen molar-refractivity contribution >= 4 is 10.8 Å². The van der Waals surface area contributed by atoms with E-state index in [4.69, 9.17) is 0 Å². The van der Waals surface area contributed by atoms with Gasteiger partial charge < -0.3 is 5.32 Å². The topological polar surface area (TPSA) is 29.1 Å². The third-order valence-electron chi connectivity index (χ3n) is 4.58. The second kappa shape index (κ2) is 6.33. The van der Waals surface area contributed by atoms with E-state index in [9.17, 15) is 4.21 Å². The summed E-state index contributed by atoms with van der Waals surface area (Å²) in [5.41, 5.74) is 0. The van der Waals surface area contributed by atoms with E-state index in [1.807, 2.05) is 7.05 Å². The van der Waals surface area contributed by atoms with Gasteiger partial charge in [0, 0.05) is 27.3 Å². The normalized spacial score (nSPS) is 41.1. The van der Waals surface area contributed by atoms with Gasteiger partial charge in [-0.15, -0.1) is 0 Å². The molecule has 100 valence electrons. The highest BCUT2D eigenvalue weighted by Crippen LogP contribution is 2.32. The molecule has 0 bridgehead atoms. The van der Waals surface area contributed by atoms with E-state index in [-0.39, 0.29) is 0 Å². The molecule has 0 radical (unpaired) electrons. The molecule has 2 fully saturated rings. The maximum Gasteiger partial charge on any atom is 0.0365 e. The summed E-state index contributed by atoms with van der Waals surface area (Å²) >= 11 is 0. The predicted molar refractivity (Wildman–Crippen MR) is 74.7 cm³/mol. The molecule has 0 aliphatic heterocycles. The summed E-state index contributed by atoms with van der Waals surface area (Å²) in [6, 6.07) is 0.610. The lowest BCUT2D eigenvalue weighted by Crippen LogP contribution is -2.39. The molecule has 0 aromatic rings. The van der Waals surface area contributed by atoms with Gasteiger partial charge in [-0.2, -0.15) is 0 Å². The second-order valence-electron chi connectivity index (χ2n) is 6.00. The fraction of sp³-hybridized carbons (Fsp3) is 1.00. The Bertz CT molecular complexity index is 269. The van der Waals surface area contributed by atoms with Gasteiger partial charge in [-0.3, -0.25) is 4.21 Å². The second-order valence-corrected chi connectivity index (χ2v) is 7.99. The summed E-state index contributed by atoms with van der Waals surface area (Å²) in [6.07, 6.45) is 9.89. The monoisotopic (exact) mass is 257 g/mol. The number of hydrogen-bond donors (Lipinski definition) is 1. The molecule has 2 aliphatic rings. The first-order chi connectivity index (χ1) is 8.20. The fourth-order valence-electron chi connectivity index (χ4n) is 3.48. The van der Waals surface area contributed by atoms with Crippen molar-refractivity contribution in [1.29, 1.82) is 0 Å². The van der Waals surface area contributed by atoms with Crippen molar-refractivity contribution in [1.82, 2.24) is 5.32 Å². The van der Waals surface area contributed by atoms with Gasteiger partial charge in [-0.25, -0.2) is 0 Å². The summed E-state index contributed by atoms with van der Waals surface area (Å²) in [5, 5.41) is 4.33. The van der Waals surface area contributed by atoms with E-state index in [0.717, 1.165) is 12.3 Å². The van der Waals surface area contributed by atoms with Crippen LogP contribution in [-0.2, 0) is 10.8 Å². The first-order valence-electron chi connectivity index (χ1n) is 7.27. The Morgan fingerprint density at radius 3 is 2.29 bits per heavy atom. The van der Waals surface area contributed by atoms with Crippen LogP contribution in [0, 0.1) is 5.92 Å². The first-order valence-corrected chi connectivity index (χ1v) is 8.55. The molecule has 17 heavy (non-hydrogen) atoms. The summed E-state index contributed by atoms with van der Waals surface area (Å²) < 4.78 is 12.6. The smallest absolute Gasteiger partial charge is 0.0365 e. The van der Waals surface area contributed by atoms with Crippen molar-refractivity contribution in [2.75, 3.05) is 7.05 Å². The summed E-state index contributed by atoms with van der Waals surface area (Å²) in [7, 11) is 1.46. The van der Waals surface area contributed by atoms with Gasteiger partial charge in [0.2, 0.25) is 0 Å². The maximum atomic E-state index is 12.6. The SMILES string of the molecule is CNC1CCCC(S(=O)C2CCCC(C)C2)C1. The first kappa shape index (κ1) is 13.5. The third kappa shape index (κ3) is 3.54. The molecule has 0 aromatic heterocycles. The highest BCUT2D eigenvalue weighted by molar-refractivity contribution is 7.86. The van der Waals surface area contributed by atoms with Crippen LogP contribution in [0.15, 0.2) is 0 Å². The minimum absolute atomic E-state index is 0.469. The minimum atomic E-state index is -0.576. The molecule has 5 unspecified atom stereocenters. The zero-order valence-corrected chi connectivity index (χ0v) is 12.1. The lowest BCUT2D eigenvalue weighted by molar-refractivity contribution is 0.374. The Balaban J connectivity index is 1.89. The molecule has 5 atom stereocenters. The summed E-state index contributed by atoms with van der Waals surface area (Å²) in [4.78, 5) is 0. The molecule has 3 heteroatoms. The van der Waals surface area contributed by atoms with Gasteiger partial charge in [-0.1, -0.05) is 26.2 Å². The molecule has 0 heterocycles. The van der Waals surface area contributed by atoms with Crippen molar-refractivity contribution in [2.45, 2.75) is 74.8 Å². The van der Waals surface area contributed by atoms with Crippen LogP contribution < -0.4 is 5.32 Å². The Kier molecular flexibility index (Phi) is 5.04. The molecular formula is C14H27NOS. The Hall–Kier alpha value is 0.110. The van der Waals surface area contributed by atoms with Crippen LogP contribution >= 0.6 is 0 Å². The van der Waals surface area contributed by atoms with Gasteiger partial charge in [0.05, 0.1) is 0 Å². The maximum absolute atomic E-state index is 12.6. The summed E-state index contributed by atoms with van der Waals surface area (Å²) in [6.45, 7) is 2.32. The highest BCUT2D eigenvalue weighted by Gasteiger charge is 2.32. The van der Waals surface area contributed by atoms with Crippen LogP contribution in [0.3, 0.4) is 0 Å². The molecule has 2 rings (SSSR count). The van der Waals surface area contributed by atoms with E-state index in [1.165, 1.54) is 44.9 Å². The molecule has 0 aromatic carbocycles. The van der Waals surface area contributed by atoms with Crippen molar-refractivity contribution in [3.63, 3.8) is 0 Å². The minimum Gasteiger partial charge on any atom is -0.317 e. The van der Waals surface area contributed by atoms with Gasteiger partial charge in [0.25, 0.3) is 0 Å². The molecule has 2 aliphatic carbocycles. The van der Waals surface area contributed by atoms with Crippen LogP contribution in [0.4, 0.5) is 0 Å². The van der Waals surface area contributed by atoms with Gasteiger partial charge in [0.1, 0.15) is 0 Å². The van der Waals surface area contributed by atoms with E-state index >= 15 is 0 Å². The average Bonchev–Trinajstić information content (AvgIpc) is 2.38. The Morgan fingerprint density at radius 2 is 1.65 bits per heavy atom. The van der Waals surface area contributed by atoms with Crippen molar-refractivity contribution in [3.8, 4) is 0 Å². The average molecular weight is 257 g/mol. The molecule has 0 spiro atoms. The number of hydrogen-bond acceptors (Lipinski definition) is 2. The predicted octanol–water partition coefficient (Wildman–Crippen LogP) is 2.84. The zero-order valence-electron chi connectivity index (χ0n) is 11.3. The van der Waals surface area contributed by atoms with E-state index in [1.54, 1.807) is 0 Å². The standard InChI is InChI=1S/C14H27NOS/c1-11-5-3-7-13(9-11)17(16)14-8-4-6-12(10-14)15-2/h11-15H,3-10H2,1-2H3. The van der Waals surface area contributed by atoms with Crippen molar-refractivity contribution in [2.24, 2.45) is 5.92 Å². The van der Waals surface area contributed by atoms with Crippen molar-refractivity contribution in [3.05, 3.63) is 0 Å². The molecule has 1 N–H and O–H groups in total. The Morgan fingerprint density at radius 1 is 1.00 bits per heavy atom. The van der Waals surface area contributed by atoms with Crippen LogP contribution in [0.25, 0.3) is 0 Å². The molecular weight excluding hydrogens is 230 g/mol. The van der Waals surface area contributed by atoms with Gasteiger partial charge >= 0.3 is 0 Å². The van der Waals surface area contributed by atoms with Crippen LogP contribution in [0.2, 0.25) is 0 Å². The van der Waals surface area contributed by atoms with Crippen LogP contribution in [0.5, 0.6) is 0 Å². The highest BCUT2D eigenvalue weighted by atomic mass is 32.2. The summed E-state index contributed by atoms with van der Waals surface area (Å²) in [5.74, 6) is 0.793. The zero-order chi connectivity index (χ0) is 12.3. The van der Waals surface area contributed by atoms with E-state index < -0.39 is 10.8 Å². The van der Waals surface area contributed by atoms with Gasteiger partial charge in [0.15, 0.2) is 0 Å². The van der Waals surface area contributed by atoms with E-state index in [0.29, 0.717) is 16.5 Å². The van der Waals surface area contributed by atoms with Crippen LogP contribution in [0.1, 0.15) is 58.3 Å². The lowest BCUT2D eigenvalue weighted by Gasteiger charge is -2.33. The van der Waals surface area contributed by atoms with Crippen molar-refractivity contribution < 1.29 is 4.21 Å². The van der Waals surface area contributed by atoms with E-state index in [2.05, 4.69) is 12.2 Å². The molecule has 2 nitrogen and oxygen atoms in total. The lowest BCUT2D eigenvalue weighted by atomic mass is 9.90. The van der Waals surface area contributed by atoms with Crippen LogP contribution in [-0.4, -0.2) is 27.8 Å².